The molecule has 0 N–H and O–H groups in total. The fraction of sp³-hybridized carbons (Fsp3) is 0.167. The molecule has 3 aromatic rings. The first-order valence-electron chi connectivity index (χ1n) is 7.31. The van der Waals surface area contributed by atoms with E-state index in [2.05, 4.69) is 4.98 Å². The Morgan fingerprint density at radius 2 is 1.79 bits per heavy atom. The van der Waals surface area contributed by atoms with Crippen LogP contribution in [0.3, 0.4) is 0 Å². The van der Waals surface area contributed by atoms with Crippen molar-refractivity contribution in [2.24, 2.45) is 0 Å². The number of thiazole rings is 1. The summed E-state index contributed by atoms with van der Waals surface area (Å²) in [5.74, 6) is 1.91. The van der Waals surface area contributed by atoms with Crippen LogP contribution in [0.5, 0.6) is 11.5 Å². The van der Waals surface area contributed by atoms with E-state index in [1.54, 1.807) is 31.6 Å². The molecule has 0 amide bonds. The second-order valence-electron chi connectivity index (χ2n) is 5.04. The maximum Gasteiger partial charge on any atom is 0.123 e. The van der Waals surface area contributed by atoms with E-state index in [9.17, 15) is 4.21 Å². The monoisotopic (exact) mass is 359 g/mol. The molecular weight excluding hydrogens is 342 g/mol. The van der Waals surface area contributed by atoms with Crippen LogP contribution in [0.1, 0.15) is 5.69 Å². The Balaban J connectivity index is 1.74. The molecule has 0 spiro atoms. The van der Waals surface area contributed by atoms with Crippen LogP contribution in [-0.2, 0) is 16.6 Å². The fourth-order valence-electron chi connectivity index (χ4n) is 2.20. The molecule has 24 heavy (non-hydrogen) atoms. The third-order valence-corrected chi connectivity index (χ3v) is 5.75. The molecule has 1 atom stereocenters. The van der Waals surface area contributed by atoms with Crippen LogP contribution in [0.15, 0.2) is 58.8 Å². The average Bonchev–Trinajstić information content (AvgIpc) is 3.10. The summed E-state index contributed by atoms with van der Waals surface area (Å²) in [6, 6.07) is 15.1. The number of ether oxygens (including phenoxy) is 2. The van der Waals surface area contributed by atoms with Crippen molar-refractivity contribution in [1.82, 2.24) is 4.98 Å². The maximum atomic E-state index is 12.5. The lowest BCUT2D eigenvalue weighted by Crippen LogP contribution is -1.97. The van der Waals surface area contributed by atoms with Crippen LogP contribution in [0, 0.1) is 0 Å². The summed E-state index contributed by atoms with van der Waals surface area (Å²) in [4.78, 5) is 5.34. The standard InChI is InChI=1S/C18H17NO3S2/c1-21-15-8-6-13(7-9-15)18-19-14(11-23-18)12-24(20)17-5-3-4-16(10-17)22-2/h3-11H,12H2,1-2H3. The van der Waals surface area contributed by atoms with Gasteiger partial charge in [-0.05, 0) is 42.5 Å². The van der Waals surface area contributed by atoms with E-state index in [0.29, 0.717) is 11.5 Å². The summed E-state index contributed by atoms with van der Waals surface area (Å²) >= 11 is 1.55. The van der Waals surface area contributed by atoms with Crippen LogP contribution < -0.4 is 9.47 Å². The van der Waals surface area contributed by atoms with Crippen molar-refractivity contribution < 1.29 is 13.7 Å². The van der Waals surface area contributed by atoms with Gasteiger partial charge in [0.25, 0.3) is 0 Å². The summed E-state index contributed by atoms with van der Waals surface area (Å²) in [5, 5.41) is 2.87. The van der Waals surface area contributed by atoms with Crippen LogP contribution in [-0.4, -0.2) is 23.4 Å². The molecular formula is C18H17NO3S2. The highest BCUT2D eigenvalue weighted by molar-refractivity contribution is 7.84. The van der Waals surface area contributed by atoms with E-state index < -0.39 is 10.8 Å². The zero-order valence-electron chi connectivity index (χ0n) is 13.4. The van der Waals surface area contributed by atoms with Crippen LogP contribution in [0.2, 0.25) is 0 Å². The molecule has 0 bridgehead atoms. The quantitative estimate of drug-likeness (QED) is 0.664. The zero-order chi connectivity index (χ0) is 16.9. The van der Waals surface area contributed by atoms with Gasteiger partial charge in [0.15, 0.2) is 0 Å². The molecule has 1 aromatic heterocycles. The Kier molecular flexibility index (Phi) is 5.27. The van der Waals surface area contributed by atoms with Crippen molar-refractivity contribution in [3.63, 3.8) is 0 Å². The van der Waals surface area contributed by atoms with Gasteiger partial charge in [-0.3, -0.25) is 4.21 Å². The number of hydrogen-bond acceptors (Lipinski definition) is 5. The van der Waals surface area contributed by atoms with Gasteiger partial charge in [-0.25, -0.2) is 4.98 Å². The normalized spacial score (nSPS) is 11.9. The van der Waals surface area contributed by atoms with E-state index in [-0.39, 0.29) is 0 Å². The largest absolute Gasteiger partial charge is 0.497 e. The molecule has 0 aliphatic rings. The molecule has 124 valence electrons. The number of aromatic nitrogens is 1. The summed E-state index contributed by atoms with van der Waals surface area (Å²) in [5.41, 5.74) is 1.85. The minimum atomic E-state index is -1.15. The predicted octanol–water partition coefficient (Wildman–Crippen LogP) is 4.14. The van der Waals surface area contributed by atoms with Gasteiger partial charge in [0.05, 0.1) is 36.5 Å². The van der Waals surface area contributed by atoms with E-state index in [4.69, 9.17) is 9.47 Å². The summed E-state index contributed by atoms with van der Waals surface area (Å²) in [6.07, 6.45) is 0. The number of methoxy groups -OCH3 is 2. The SMILES string of the molecule is COc1ccc(-c2nc(CS(=O)c3cccc(OC)c3)cs2)cc1. The molecule has 0 aliphatic heterocycles. The van der Waals surface area contributed by atoms with E-state index in [1.165, 1.54) is 0 Å². The maximum absolute atomic E-state index is 12.5. The van der Waals surface area contributed by atoms with Gasteiger partial charge >= 0.3 is 0 Å². The molecule has 0 saturated heterocycles. The van der Waals surface area contributed by atoms with Crippen molar-refractivity contribution in [3.8, 4) is 22.1 Å². The van der Waals surface area contributed by atoms with Crippen molar-refractivity contribution >= 4 is 22.1 Å². The lowest BCUT2D eigenvalue weighted by atomic mass is 10.2. The number of nitrogens with zero attached hydrogens (tertiary/aromatic N) is 1. The van der Waals surface area contributed by atoms with E-state index >= 15 is 0 Å². The minimum absolute atomic E-state index is 0.389. The first-order chi connectivity index (χ1) is 11.7. The molecule has 1 unspecified atom stereocenters. The Bertz CT molecular complexity index is 843. The van der Waals surface area contributed by atoms with Crippen molar-refractivity contribution in [1.29, 1.82) is 0 Å². The Labute approximate surface area is 147 Å². The topological polar surface area (TPSA) is 48.4 Å². The lowest BCUT2D eigenvalue weighted by molar-refractivity contribution is 0.413. The van der Waals surface area contributed by atoms with Crippen molar-refractivity contribution in [3.05, 3.63) is 59.6 Å². The highest BCUT2D eigenvalue weighted by Gasteiger charge is 2.10. The molecule has 0 fully saturated rings. The minimum Gasteiger partial charge on any atom is -0.497 e. The van der Waals surface area contributed by atoms with Gasteiger partial charge in [-0.15, -0.1) is 11.3 Å². The molecule has 0 saturated carbocycles. The molecule has 6 heteroatoms. The number of hydrogen-bond donors (Lipinski definition) is 0. The van der Waals surface area contributed by atoms with Crippen LogP contribution in [0.25, 0.3) is 10.6 Å². The highest BCUT2D eigenvalue weighted by atomic mass is 32.2. The Morgan fingerprint density at radius 3 is 2.50 bits per heavy atom. The number of rotatable bonds is 6. The highest BCUT2D eigenvalue weighted by Crippen LogP contribution is 2.27. The predicted molar refractivity (Wildman–Crippen MR) is 97.2 cm³/mol. The second-order valence-corrected chi connectivity index (χ2v) is 7.35. The number of benzene rings is 2. The first-order valence-corrected chi connectivity index (χ1v) is 9.50. The fourth-order valence-corrected chi connectivity index (χ4v) is 4.19. The molecule has 4 nitrogen and oxygen atoms in total. The third kappa shape index (κ3) is 3.83. The molecule has 2 aromatic carbocycles. The molecule has 0 aliphatic carbocycles. The Morgan fingerprint density at radius 1 is 1.04 bits per heavy atom. The first kappa shape index (κ1) is 16.7. The lowest BCUT2D eigenvalue weighted by Gasteiger charge is -2.03. The van der Waals surface area contributed by atoms with Gasteiger partial charge in [0.1, 0.15) is 16.5 Å². The summed E-state index contributed by atoms with van der Waals surface area (Å²) in [7, 11) is 2.09. The molecule has 3 rings (SSSR count). The second kappa shape index (κ2) is 7.59. The van der Waals surface area contributed by atoms with Crippen molar-refractivity contribution in [2.45, 2.75) is 10.6 Å². The van der Waals surface area contributed by atoms with Gasteiger partial charge in [0.2, 0.25) is 0 Å². The van der Waals surface area contributed by atoms with E-state index in [0.717, 1.165) is 26.9 Å². The summed E-state index contributed by atoms with van der Waals surface area (Å²) < 4.78 is 22.9. The molecule has 0 radical (unpaired) electrons. The van der Waals surface area contributed by atoms with Gasteiger partial charge in [-0.1, -0.05) is 6.07 Å². The van der Waals surface area contributed by atoms with Crippen LogP contribution >= 0.6 is 11.3 Å². The van der Waals surface area contributed by atoms with Crippen LogP contribution in [0.4, 0.5) is 0 Å². The Hall–Kier alpha value is -2.18. The third-order valence-electron chi connectivity index (χ3n) is 3.47. The van der Waals surface area contributed by atoms with E-state index in [1.807, 2.05) is 47.8 Å². The van der Waals surface area contributed by atoms with Crippen molar-refractivity contribution in [2.75, 3.05) is 14.2 Å². The zero-order valence-corrected chi connectivity index (χ0v) is 15.0. The molecule has 1 heterocycles. The van der Waals surface area contributed by atoms with Gasteiger partial charge in [0, 0.05) is 15.8 Å². The average molecular weight is 359 g/mol. The van der Waals surface area contributed by atoms with Gasteiger partial charge in [-0.2, -0.15) is 0 Å². The summed E-state index contributed by atoms with van der Waals surface area (Å²) in [6.45, 7) is 0. The van der Waals surface area contributed by atoms with Gasteiger partial charge < -0.3 is 9.47 Å². The smallest absolute Gasteiger partial charge is 0.123 e.